The van der Waals surface area contributed by atoms with Crippen molar-refractivity contribution in [3.05, 3.63) is 136 Å². The fraction of sp³-hybridized carbons (Fsp3) is 0.568. The van der Waals surface area contributed by atoms with E-state index in [2.05, 4.69) is 47.9 Å². The van der Waals surface area contributed by atoms with Gasteiger partial charge in [-0.2, -0.15) is 0 Å². The molecule has 4 aromatic carbocycles. The van der Waals surface area contributed by atoms with Gasteiger partial charge in [0.1, 0.15) is 72.6 Å². The molecule has 0 saturated carbocycles. The summed E-state index contributed by atoms with van der Waals surface area (Å²) >= 11 is 0. The molecule has 1 aromatic heterocycles. The number of fused-ring (bicyclic) bond motifs is 16. The van der Waals surface area contributed by atoms with Crippen LogP contribution in [0.5, 0.6) is 5.75 Å². The highest BCUT2D eigenvalue weighted by molar-refractivity contribution is 6.00. The molecule has 33 heteroatoms. The van der Waals surface area contributed by atoms with Gasteiger partial charge in [-0.3, -0.25) is 57.5 Å². The second kappa shape index (κ2) is 44.4. The molecule has 6 aliphatic heterocycles. The second-order valence-electron chi connectivity index (χ2n) is 33.9. The number of methoxy groups -OCH3 is 1. The molecule has 121 heavy (non-hydrogen) atoms. The minimum absolute atomic E-state index is 0.0413. The zero-order valence-electron chi connectivity index (χ0n) is 71.2. The normalized spacial score (nSPS) is 24.0. The smallest absolute Gasteiger partial charge is 0.246 e. The number of hydrogen-bond donors (Lipinski definition) is 11. The molecule has 2 fully saturated rings. The number of aromatic nitrogens is 1. The van der Waals surface area contributed by atoms with E-state index >= 15 is 38.0 Å². The summed E-state index contributed by atoms with van der Waals surface area (Å²) in [5.41, 5.74) is 2.70. The first-order chi connectivity index (χ1) is 57.9. The third-order valence-corrected chi connectivity index (χ3v) is 23.1. The lowest BCUT2D eigenvalue weighted by Crippen LogP contribution is -3.06. The Kier molecular flexibility index (Phi) is 34.0. The van der Waals surface area contributed by atoms with Crippen molar-refractivity contribution in [3.8, 4) is 5.75 Å². The summed E-state index contributed by atoms with van der Waals surface area (Å²) in [6.45, 7) is 4.85. The predicted molar refractivity (Wildman–Crippen MR) is 447 cm³/mol. The number of carbonyl (C=O) groups excluding carboxylic acids is 12. The number of nitrogens with zero attached hydrogens (tertiary/aromatic N) is 5. The Morgan fingerprint density at radius 3 is 2.12 bits per heavy atom. The number of ether oxygens (including phenoxy) is 4. The van der Waals surface area contributed by atoms with Crippen LogP contribution in [0.15, 0.2) is 97.2 Å². The number of benzene rings is 4. The molecule has 0 unspecified atom stereocenters. The van der Waals surface area contributed by atoms with E-state index in [9.17, 15) is 29.1 Å². The molecule has 32 nitrogen and oxygen atoms in total. The standard InChI is InChI=1S/C88H122FN15O17/c1-57(105)78-83(113)96-69(48-59-24-27-65(118-8)28-25-59)86(116)103-39-16-35-88(103,2)87(117)90-36-32-58-20-22-60(23-21-58)54-101-38-13-10-9-12-37-100-55-63(66-51-64(89)26-29-72(66)100)50-70-85(115)102-40-33-73(79(102)84(114)98-78)121-56-76(108)91-52-62-18-15-17-61(47-62)49-68(81(111)95-70)94-82(112)71(53-92-74(106)34-43-119-45-46-120-44-41-99(3)4)97-80(110)67(19-11-14-42-104(5,6)7)93-75(107)30-31-77(101)109/h15,17-18,20-29,47,51,55,57,67-71,73,78-79,105H,9-14,16,19,30-46,48-50,52-54,56H2,1-8H3,(H8-,90,91,92,93,94,95,96,97,98,106,107,108,110,111,112,113,114,117)/p+2/t57-,67+,68+,69+,70+,71-,73+,78+,79+,88+/m1/s1. The lowest BCUT2D eigenvalue weighted by Gasteiger charge is -2.37. The second-order valence-corrected chi connectivity index (χ2v) is 33.9. The average Bonchev–Trinajstić information content (AvgIpc) is 1.66. The number of hydrogen-bond acceptors (Lipinski definition) is 17. The van der Waals surface area contributed by atoms with E-state index in [-0.39, 0.29) is 116 Å². The number of likely N-dealkylation sites (N-methyl/N-ethyl adjacent to an activating group) is 1. The number of carbonyl (C=O) groups is 12. The molecule has 12 amide bonds. The third kappa shape index (κ3) is 27.0. The zero-order chi connectivity index (χ0) is 86.9. The number of halogens is 1. The van der Waals surface area contributed by atoms with Crippen LogP contribution in [-0.2, 0) is 117 Å². The van der Waals surface area contributed by atoms with Gasteiger partial charge in [0.15, 0.2) is 0 Å². The van der Waals surface area contributed by atoms with Gasteiger partial charge in [-0.05, 0) is 135 Å². The van der Waals surface area contributed by atoms with E-state index in [1.165, 1.54) is 36.0 Å². The van der Waals surface area contributed by atoms with Crippen LogP contribution in [0.2, 0.25) is 0 Å². The molecule has 10 atom stereocenters. The van der Waals surface area contributed by atoms with Crippen LogP contribution in [0, 0.1) is 5.82 Å². The number of nitrogens with one attached hydrogen (secondary N) is 10. The molecule has 11 N–H and O–H groups in total. The Hall–Kier alpha value is -10.5. The van der Waals surface area contributed by atoms with Gasteiger partial charge >= 0.3 is 0 Å². The van der Waals surface area contributed by atoms with Crippen LogP contribution in [0.25, 0.3) is 10.9 Å². The van der Waals surface area contributed by atoms with E-state index < -0.39 is 144 Å². The van der Waals surface area contributed by atoms with Gasteiger partial charge < -0.3 is 101 Å². The van der Waals surface area contributed by atoms with Crippen molar-refractivity contribution in [3.63, 3.8) is 0 Å². The minimum Gasteiger partial charge on any atom is -0.497 e. The van der Waals surface area contributed by atoms with Gasteiger partial charge in [0, 0.05) is 108 Å². The van der Waals surface area contributed by atoms with Crippen molar-refractivity contribution in [2.75, 3.05) is 121 Å². The molecule has 12 bridgehead atoms. The third-order valence-electron chi connectivity index (χ3n) is 23.1. The van der Waals surface area contributed by atoms with Crippen molar-refractivity contribution >= 4 is 81.8 Å². The summed E-state index contributed by atoms with van der Waals surface area (Å²) in [4.78, 5) is 187. The van der Waals surface area contributed by atoms with Gasteiger partial charge in [-0.25, -0.2) is 4.39 Å². The number of amides is 12. The molecule has 7 heterocycles. The number of aliphatic hydroxyl groups excluding tert-OH is 1. The molecule has 11 rings (SSSR count). The van der Waals surface area contributed by atoms with E-state index in [0.717, 1.165) is 22.6 Å². The van der Waals surface area contributed by atoms with E-state index in [4.69, 9.17) is 18.9 Å². The minimum atomic E-state index is -1.87. The zero-order valence-corrected chi connectivity index (χ0v) is 71.2. The maximum absolute atomic E-state index is 16.4. The first kappa shape index (κ1) is 92.8. The van der Waals surface area contributed by atoms with Crippen molar-refractivity contribution in [2.45, 2.75) is 203 Å². The van der Waals surface area contributed by atoms with E-state index in [1.54, 1.807) is 72.6 Å². The Bertz CT molecular complexity index is 4420. The van der Waals surface area contributed by atoms with Gasteiger partial charge in [0.05, 0.1) is 87.5 Å². The Labute approximate surface area is 707 Å². The molecule has 2 saturated heterocycles. The quantitative estimate of drug-likeness (QED) is 0.0378. The molecular formula is C88H124FN15O17+2. The van der Waals surface area contributed by atoms with Gasteiger partial charge in [0.25, 0.3) is 0 Å². The first-order valence-electron chi connectivity index (χ1n) is 42.6. The fourth-order valence-electron chi connectivity index (χ4n) is 16.1. The number of rotatable bonds is 20. The van der Waals surface area contributed by atoms with Crippen LogP contribution >= 0.6 is 0 Å². The fourth-order valence-corrected chi connectivity index (χ4v) is 16.1. The molecule has 6 aliphatic rings. The number of unbranched alkanes of at least 4 members (excludes halogenated alkanes) is 1. The van der Waals surface area contributed by atoms with Gasteiger partial charge in [0.2, 0.25) is 70.9 Å². The lowest BCUT2D eigenvalue weighted by atomic mass is 9.95. The summed E-state index contributed by atoms with van der Waals surface area (Å²) in [6, 6.07) is 13.9. The van der Waals surface area contributed by atoms with Crippen molar-refractivity contribution in [1.82, 2.24) is 67.1 Å². The molecule has 0 aliphatic carbocycles. The summed E-state index contributed by atoms with van der Waals surface area (Å²) in [5, 5.41) is 37.6. The SMILES string of the molecule is COc1ccc(C[C@@H]2NC(=O)[C@H]([C@@H](C)O)NC(=O)[C@@H]3[C@@H]4CCN3C(=O)[C@@H]3Cc5cn(c6ccc(F)cc56)CCCCCCN(Cc5ccc(cc5)CCNC(=O)[C@]5(C)CCCN5C2=O)C(=O)CCC(=O)N[C@@H](CCCC[N+](C)(C)C)C(=O)N[C@H](CNC(=O)CCOCCOCC[NH+](C)C)C(=O)N[C@@H](Cc2cccc(c2)CNC(=O)CO4)C(=O)N3)cc1. The molecule has 0 radical (unpaired) electrons. The molecule has 5 aromatic rings. The van der Waals surface area contributed by atoms with Gasteiger partial charge in [-0.1, -0.05) is 73.5 Å². The maximum atomic E-state index is 16.4. The van der Waals surface area contributed by atoms with Crippen molar-refractivity contribution < 1.29 is 95.4 Å². The summed E-state index contributed by atoms with van der Waals surface area (Å²) in [6.07, 6.45) is 1.65. The predicted octanol–water partition coefficient (Wildman–Crippen LogP) is 0.719. The molecular weight excluding hydrogens is 1560 g/mol. The summed E-state index contributed by atoms with van der Waals surface area (Å²) < 4.78 is 41.6. The summed E-state index contributed by atoms with van der Waals surface area (Å²) in [7, 11) is 11.5. The maximum Gasteiger partial charge on any atom is 0.246 e. The van der Waals surface area contributed by atoms with E-state index in [0.29, 0.717) is 121 Å². The largest absolute Gasteiger partial charge is 0.497 e. The van der Waals surface area contributed by atoms with Crippen LogP contribution < -0.4 is 57.5 Å². The van der Waals surface area contributed by atoms with Crippen LogP contribution in [-0.4, -0.2) is 281 Å². The van der Waals surface area contributed by atoms with E-state index in [1.807, 2.05) is 64.1 Å². The topological polar surface area (TPSA) is 389 Å². The van der Waals surface area contributed by atoms with Crippen LogP contribution in [0.3, 0.4) is 0 Å². The average molecular weight is 1680 g/mol. The Balaban J connectivity index is 1.09. The Morgan fingerprint density at radius 1 is 0.678 bits per heavy atom. The number of aryl methyl sites for hydroxylation is 1. The van der Waals surface area contributed by atoms with Crippen LogP contribution in [0.1, 0.15) is 131 Å². The van der Waals surface area contributed by atoms with Crippen molar-refractivity contribution in [1.29, 1.82) is 0 Å². The number of aliphatic hydroxyl groups is 1. The lowest BCUT2D eigenvalue weighted by molar-refractivity contribution is -0.870. The van der Waals surface area contributed by atoms with Gasteiger partial charge in [-0.15, -0.1) is 0 Å². The summed E-state index contributed by atoms with van der Waals surface area (Å²) in [5.74, 6) is -9.18. The molecule has 658 valence electrons. The Morgan fingerprint density at radius 2 is 1.39 bits per heavy atom. The highest BCUT2D eigenvalue weighted by atomic mass is 19.1. The highest BCUT2D eigenvalue weighted by Gasteiger charge is 2.50. The first-order valence-corrected chi connectivity index (χ1v) is 42.6. The number of quaternary nitrogens is 2. The van der Waals surface area contributed by atoms with Crippen LogP contribution in [0.4, 0.5) is 4.39 Å². The molecule has 0 spiro atoms. The monoisotopic (exact) mass is 1680 g/mol. The highest BCUT2D eigenvalue weighted by Crippen LogP contribution is 2.33. The van der Waals surface area contributed by atoms with Crippen molar-refractivity contribution in [2.24, 2.45) is 0 Å².